The summed E-state index contributed by atoms with van der Waals surface area (Å²) in [6, 6.07) is 0. The third-order valence-electron chi connectivity index (χ3n) is 2.26. The quantitative estimate of drug-likeness (QED) is 0.529. The van der Waals surface area contributed by atoms with E-state index in [2.05, 4.69) is 11.4 Å². The molecule has 1 aliphatic carbocycles. The van der Waals surface area contributed by atoms with Crippen LogP contribution in [0.5, 0.6) is 0 Å². The number of hydrogen-bond donors (Lipinski definition) is 2. The zero-order chi connectivity index (χ0) is 11.1. The van der Waals surface area contributed by atoms with Crippen LogP contribution in [0, 0.1) is 0 Å². The number of allylic oxidation sites excluding steroid dienone is 1. The van der Waals surface area contributed by atoms with Gasteiger partial charge in [0.1, 0.15) is 0 Å². The molecule has 0 saturated carbocycles. The van der Waals surface area contributed by atoms with Gasteiger partial charge in [-0.05, 0) is 25.7 Å². The van der Waals surface area contributed by atoms with E-state index in [1.54, 1.807) is 0 Å². The van der Waals surface area contributed by atoms with Crippen LogP contribution < -0.4 is 5.32 Å². The maximum absolute atomic E-state index is 11.0. The molecule has 15 heavy (non-hydrogen) atoms. The average Bonchev–Trinajstić information content (AvgIpc) is 2.67. The van der Waals surface area contributed by atoms with Gasteiger partial charge in [0, 0.05) is 18.7 Å². The summed E-state index contributed by atoms with van der Waals surface area (Å²) in [7, 11) is 0. The number of nitrogens with one attached hydrogen (secondary N) is 1. The number of amides is 1. The first-order valence-electron chi connectivity index (χ1n) is 5.05. The normalized spacial score (nSPS) is 15.3. The second-order valence-electron chi connectivity index (χ2n) is 3.47. The number of carbonyl (C=O) groups is 2. The third-order valence-corrected chi connectivity index (χ3v) is 2.26. The number of carbonyl (C=O) groups excluding carboxylic acids is 1. The fraction of sp³-hybridized carbons (Fsp3) is 0.455. The lowest BCUT2D eigenvalue weighted by atomic mass is 10.2. The van der Waals surface area contributed by atoms with Gasteiger partial charge < -0.3 is 10.4 Å². The lowest BCUT2D eigenvalue weighted by Crippen LogP contribution is -2.22. The van der Waals surface area contributed by atoms with E-state index in [1.807, 2.05) is 0 Å². The Bertz CT molecular complexity index is 305. The Labute approximate surface area is 88.7 Å². The Morgan fingerprint density at radius 2 is 2.27 bits per heavy atom. The van der Waals surface area contributed by atoms with Gasteiger partial charge >= 0.3 is 5.97 Å². The number of rotatable bonds is 5. The summed E-state index contributed by atoms with van der Waals surface area (Å²) in [5, 5.41) is 10.9. The topological polar surface area (TPSA) is 66.4 Å². The first kappa shape index (κ1) is 11.5. The molecule has 0 heterocycles. The summed E-state index contributed by atoms with van der Waals surface area (Å²) < 4.78 is 0. The lowest BCUT2D eigenvalue weighted by Gasteiger charge is -2.02. The second-order valence-corrected chi connectivity index (χ2v) is 3.47. The second kappa shape index (κ2) is 6.01. The number of hydrogen-bond acceptors (Lipinski definition) is 2. The van der Waals surface area contributed by atoms with Crippen molar-refractivity contribution in [3.63, 3.8) is 0 Å². The highest BCUT2D eigenvalue weighted by Gasteiger charge is 2.04. The van der Waals surface area contributed by atoms with Crippen LogP contribution in [0.25, 0.3) is 0 Å². The number of aliphatic carboxylic acids is 1. The molecule has 4 heteroatoms. The van der Waals surface area contributed by atoms with E-state index >= 15 is 0 Å². The zero-order valence-corrected chi connectivity index (χ0v) is 8.53. The van der Waals surface area contributed by atoms with Crippen molar-refractivity contribution < 1.29 is 14.7 Å². The Morgan fingerprint density at radius 3 is 2.87 bits per heavy atom. The number of carboxylic acid groups (broad SMARTS) is 1. The molecule has 1 rings (SSSR count). The summed E-state index contributed by atoms with van der Waals surface area (Å²) in [5.41, 5.74) is 1.39. The van der Waals surface area contributed by atoms with E-state index in [4.69, 9.17) is 5.11 Å². The molecule has 0 spiro atoms. The summed E-state index contributed by atoms with van der Waals surface area (Å²) in [4.78, 5) is 21.2. The Morgan fingerprint density at radius 1 is 1.47 bits per heavy atom. The minimum Gasteiger partial charge on any atom is -0.478 e. The molecule has 0 aromatic heterocycles. The van der Waals surface area contributed by atoms with Gasteiger partial charge in [-0.3, -0.25) is 4.79 Å². The average molecular weight is 209 g/mol. The van der Waals surface area contributed by atoms with Crippen LogP contribution in [-0.4, -0.2) is 23.5 Å². The molecule has 0 aromatic carbocycles. The summed E-state index contributed by atoms with van der Waals surface area (Å²) in [5.74, 6) is -1.46. The van der Waals surface area contributed by atoms with Crippen molar-refractivity contribution in [1.29, 1.82) is 0 Å². The molecule has 0 bridgehead atoms. The summed E-state index contributed by atoms with van der Waals surface area (Å²) >= 11 is 0. The van der Waals surface area contributed by atoms with Crippen LogP contribution in [0.3, 0.4) is 0 Å². The Hall–Kier alpha value is -1.58. The molecule has 0 aromatic rings. The van der Waals surface area contributed by atoms with Crippen LogP contribution in [0.15, 0.2) is 23.8 Å². The molecule has 0 unspecified atom stereocenters. The highest BCUT2D eigenvalue weighted by atomic mass is 16.4. The minimum absolute atomic E-state index is 0.351. The molecule has 0 saturated heterocycles. The van der Waals surface area contributed by atoms with E-state index < -0.39 is 5.97 Å². The van der Waals surface area contributed by atoms with Crippen LogP contribution in [-0.2, 0) is 9.59 Å². The van der Waals surface area contributed by atoms with E-state index in [0.29, 0.717) is 6.54 Å². The van der Waals surface area contributed by atoms with E-state index in [0.717, 1.165) is 31.4 Å². The molecule has 1 aliphatic rings. The largest absolute Gasteiger partial charge is 0.478 e. The predicted molar refractivity (Wildman–Crippen MR) is 56.3 cm³/mol. The maximum Gasteiger partial charge on any atom is 0.328 e. The highest BCUT2D eigenvalue weighted by molar-refractivity contribution is 5.93. The Kier molecular flexibility index (Phi) is 4.60. The van der Waals surface area contributed by atoms with Crippen molar-refractivity contribution in [2.75, 3.05) is 6.54 Å². The molecule has 0 fully saturated rings. The number of carboxylic acids is 1. The van der Waals surface area contributed by atoms with Crippen molar-refractivity contribution in [1.82, 2.24) is 5.32 Å². The third kappa shape index (κ3) is 5.00. The van der Waals surface area contributed by atoms with Crippen molar-refractivity contribution in [3.05, 3.63) is 23.8 Å². The van der Waals surface area contributed by atoms with Crippen LogP contribution in [0.4, 0.5) is 0 Å². The molecule has 2 N–H and O–H groups in total. The van der Waals surface area contributed by atoms with Gasteiger partial charge in [0.25, 0.3) is 0 Å². The molecule has 4 nitrogen and oxygen atoms in total. The van der Waals surface area contributed by atoms with Crippen molar-refractivity contribution >= 4 is 11.9 Å². The highest BCUT2D eigenvalue weighted by Crippen LogP contribution is 2.19. The molecule has 82 valence electrons. The maximum atomic E-state index is 11.0. The van der Waals surface area contributed by atoms with Crippen molar-refractivity contribution in [3.8, 4) is 0 Å². The first-order valence-corrected chi connectivity index (χ1v) is 5.05. The van der Waals surface area contributed by atoms with Gasteiger partial charge in [0.2, 0.25) is 5.91 Å². The predicted octanol–water partition coefficient (Wildman–Crippen LogP) is 1.24. The van der Waals surface area contributed by atoms with Crippen LogP contribution >= 0.6 is 0 Å². The summed E-state index contributed by atoms with van der Waals surface area (Å²) in [6.45, 7) is 0.578. The van der Waals surface area contributed by atoms with Crippen LogP contribution in [0.2, 0.25) is 0 Å². The van der Waals surface area contributed by atoms with Gasteiger partial charge in [-0.25, -0.2) is 4.79 Å². The summed E-state index contributed by atoms with van der Waals surface area (Å²) in [6.07, 6.45) is 8.42. The van der Waals surface area contributed by atoms with E-state index in [-0.39, 0.29) is 5.91 Å². The van der Waals surface area contributed by atoms with Gasteiger partial charge in [0.05, 0.1) is 0 Å². The van der Waals surface area contributed by atoms with Gasteiger partial charge in [-0.1, -0.05) is 11.6 Å². The monoisotopic (exact) mass is 209 g/mol. The molecule has 0 aliphatic heterocycles. The SMILES string of the molecule is O=C(O)/C=C/C(=O)NCCC1=CCCC1. The lowest BCUT2D eigenvalue weighted by molar-refractivity contribution is -0.131. The molecular weight excluding hydrogens is 194 g/mol. The van der Waals surface area contributed by atoms with Gasteiger partial charge in [-0.2, -0.15) is 0 Å². The standard InChI is InChI=1S/C11H15NO3/c13-10(5-6-11(14)15)12-8-7-9-3-1-2-4-9/h3,5-6H,1-2,4,7-8H2,(H,12,13)(H,14,15)/b6-5+. The fourth-order valence-corrected chi connectivity index (χ4v) is 1.52. The molecule has 1 amide bonds. The zero-order valence-electron chi connectivity index (χ0n) is 8.53. The van der Waals surface area contributed by atoms with E-state index in [1.165, 1.54) is 12.0 Å². The van der Waals surface area contributed by atoms with E-state index in [9.17, 15) is 9.59 Å². The van der Waals surface area contributed by atoms with Crippen molar-refractivity contribution in [2.45, 2.75) is 25.7 Å². The molecular formula is C11H15NO3. The van der Waals surface area contributed by atoms with Crippen LogP contribution in [0.1, 0.15) is 25.7 Å². The fourth-order valence-electron chi connectivity index (χ4n) is 1.52. The van der Waals surface area contributed by atoms with Gasteiger partial charge in [0.15, 0.2) is 0 Å². The molecule has 0 atom stereocenters. The first-order chi connectivity index (χ1) is 7.18. The Balaban J connectivity index is 2.14. The smallest absolute Gasteiger partial charge is 0.328 e. The molecule has 0 radical (unpaired) electrons. The van der Waals surface area contributed by atoms with Crippen molar-refractivity contribution in [2.24, 2.45) is 0 Å². The van der Waals surface area contributed by atoms with Gasteiger partial charge in [-0.15, -0.1) is 0 Å². The minimum atomic E-state index is -1.11.